The molecule has 0 saturated heterocycles. The number of hydrogen-bond acceptors (Lipinski definition) is 4. The zero-order chi connectivity index (χ0) is 17.2. The van der Waals surface area contributed by atoms with Crippen molar-refractivity contribution < 1.29 is 9.90 Å². The summed E-state index contributed by atoms with van der Waals surface area (Å²) in [6.45, 7) is 3.31. The summed E-state index contributed by atoms with van der Waals surface area (Å²) >= 11 is 0. The minimum atomic E-state index is -1.12. The number of pyridine rings is 1. The van der Waals surface area contributed by atoms with Crippen LogP contribution in [-0.2, 0) is 0 Å². The fourth-order valence-corrected chi connectivity index (χ4v) is 2.51. The lowest BCUT2D eigenvalue weighted by Gasteiger charge is -2.30. The predicted molar refractivity (Wildman–Crippen MR) is 91.5 cm³/mol. The lowest BCUT2D eigenvalue weighted by molar-refractivity contribution is 0.0415. The number of aromatic amines is 1. The van der Waals surface area contributed by atoms with Crippen LogP contribution in [0.4, 0.5) is 10.6 Å². The summed E-state index contributed by atoms with van der Waals surface area (Å²) in [5.74, 6) is 0.406. The van der Waals surface area contributed by atoms with Crippen molar-refractivity contribution in [1.29, 1.82) is 0 Å². The summed E-state index contributed by atoms with van der Waals surface area (Å²) in [7, 11) is 0. The van der Waals surface area contributed by atoms with Crippen LogP contribution in [0.3, 0.4) is 0 Å². The Kier molecular flexibility index (Phi) is 4.18. The molecule has 0 unspecified atom stereocenters. The van der Waals surface area contributed by atoms with Gasteiger partial charge in [0.05, 0.1) is 29.6 Å². The highest BCUT2D eigenvalue weighted by atomic mass is 16.3. The quantitative estimate of drug-likeness (QED) is 0.592. The van der Waals surface area contributed by atoms with E-state index in [-0.39, 0.29) is 0 Å². The van der Waals surface area contributed by atoms with Gasteiger partial charge in [-0.1, -0.05) is 30.3 Å². The molecule has 0 aliphatic rings. The second-order valence-corrected chi connectivity index (χ2v) is 6.12. The molecular formula is C17H19N5O2. The molecule has 0 aliphatic heterocycles. The van der Waals surface area contributed by atoms with Gasteiger partial charge in [0.15, 0.2) is 0 Å². The number of H-pyrrole nitrogens is 1. The van der Waals surface area contributed by atoms with Crippen molar-refractivity contribution in [3.63, 3.8) is 0 Å². The number of aliphatic hydroxyl groups is 1. The van der Waals surface area contributed by atoms with Crippen molar-refractivity contribution in [2.24, 2.45) is 0 Å². The number of carbonyl (C=O) groups excluding carboxylic acids is 1. The van der Waals surface area contributed by atoms with Crippen molar-refractivity contribution in [2.75, 3.05) is 5.32 Å². The Hall–Kier alpha value is -2.93. The van der Waals surface area contributed by atoms with Crippen LogP contribution in [0.5, 0.6) is 0 Å². The Morgan fingerprint density at radius 2 is 2.00 bits per heavy atom. The number of urea groups is 1. The Labute approximate surface area is 139 Å². The fourth-order valence-electron chi connectivity index (χ4n) is 2.51. The lowest BCUT2D eigenvalue weighted by Crippen LogP contribution is -2.43. The SMILES string of the molecule is CC(C)(O)[C@@H](NC(=O)Nc1cc2cn[nH]c2cn1)c1ccccc1. The number of fused-ring (bicyclic) bond motifs is 1. The van der Waals surface area contributed by atoms with Crippen molar-refractivity contribution in [1.82, 2.24) is 20.5 Å². The molecule has 7 nitrogen and oxygen atoms in total. The number of anilines is 1. The van der Waals surface area contributed by atoms with Gasteiger partial charge in [-0.2, -0.15) is 5.10 Å². The van der Waals surface area contributed by atoms with Crippen LogP contribution in [0.1, 0.15) is 25.5 Å². The summed E-state index contributed by atoms with van der Waals surface area (Å²) in [5.41, 5.74) is 0.485. The normalized spacial score (nSPS) is 12.8. The Morgan fingerprint density at radius 1 is 1.25 bits per heavy atom. The molecule has 0 bridgehead atoms. The molecule has 1 atom stereocenters. The maximum absolute atomic E-state index is 12.3. The third-order valence-corrected chi connectivity index (χ3v) is 3.68. The van der Waals surface area contributed by atoms with E-state index >= 15 is 0 Å². The second-order valence-electron chi connectivity index (χ2n) is 6.12. The molecule has 2 heterocycles. The van der Waals surface area contributed by atoms with Crippen LogP contribution in [0, 0.1) is 0 Å². The smallest absolute Gasteiger partial charge is 0.320 e. The number of carbonyl (C=O) groups is 1. The number of nitrogens with one attached hydrogen (secondary N) is 3. The van der Waals surface area contributed by atoms with Crippen molar-refractivity contribution in [3.05, 3.63) is 54.4 Å². The molecule has 0 saturated carbocycles. The van der Waals surface area contributed by atoms with E-state index in [0.717, 1.165) is 16.5 Å². The molecule has 0 aliphatic carbocycles. The van der Waals surface area contributed by atoms with Crippen LogP contribution < -0.4 is 10.6 Å². The van der Waals surface area contributed by atoms with Gasteiger partial charge in [-0.25, -0.2) is 9.78 Å². The number of aromatic nitrogens is 3. The zero-order valence-corrected chi connectivity index (χ0v) is 13.4. The van der Waals surface area contributed by atoms with E-state index in [1.165, 1.54) is 0 Å². The zero-order valence-electron chi connectivity index (χ0n) is 13.4. The van der Waals surface area contributed by atoms with Gasteiger partial charge < -0.3 is 10.4 Å². The summed E-state index contributed by atoms with van der Waals surface area (Å²) in [4.78, 5) is 16.5. The molecule has 0 radical (unpaired) electrons. The van der Waals surface area contributed by atoms with E-state index in [2.05, 4.69) is 25.8 Å². The fraction of sp³-hybridized carbons (Fsp3) is 0.235. The van der Waals surface area contributed by atoms with E-state index in [9.17, 15) is 9.90 Å². The van der Waals surface area contributed by atoms with E-state index < -0.39 is 17.7 Å². The van der Waals surface area contributed by atoms with Crippen LogP contribution in [0.2, 0.25) is 0 Å². The summed E-state index contributed by atoms with van der Waals surface area (Å²) in [6, 6.07) is 10.1. The molecule has 3 rings (SSSR count). The summed E-state index contributed by atoms with van der Waals surface area (Å²) in [6.07, 6.45) is 3.26. The molecule has 0 spiro atoms. The van der Waals surface area contributed by atoms with Crippen molar-refractivity contribution in [2.45, 2.75) is 25.5 Å². The number of rotatable bonds is 4. The van der Waals surface area contributed by atoms with Crippen LogP contribution in [0.25, 0.3) is 10.9 Å². The molecular weight excluding hydrogens is 306 g/mol. The van der Waals surface area contributed by atoms with E-state index in [1.807, 2.05) is 30.3 Å². The van der Waals surface area contributed by atoms with E-state index in [4.69, 9.17) is 0 Å². The highest BCUT2D eigenvalue weighted by Gasteiger charge is 2.29. The van der Waals surface area contributed by atoms with Crippen LogP contribution in [0.15, 0.2) is 48.8 Å². The standard InChI is InChI=1S/C17H19N5O2/c1-17(2,24)15(11-6-4-3-5-7-11)21-16(23)20-14-8-12-9-19-22-13(12)10-18-14/h3-10,15,24H,1-2H3,(H,19,22)(H2,18,20,21,23)/t15-/m0/s1. The first-order chi connectivity index (χ1) is 11.4. The van der Waals surface area contributed by atoms with Gasteiger partial charge in [0.25, 0.3) is 0 Å². The number of nitrogens with zero attached hydrogens (tertiary/aromatic N) is 2. The van der Waals surface area contributed by atoms with Gasteiger partial charge in [0.1, 0.15) is 5.82 Å². The first-order valence-electron chi connectivity index (χ1n) is 7.57. The van der Waals surface area contributed by atoms with Crippen LogP contribution >= 0.6 is 0 Å². The Morgan fingerprint density at radius 3 is 2.71 bits per heavy atom. The van der Waals surface area contributed by atoms with Gasteiger partial charge in [-0.15, -0.1) is 0 Å². The van der Waals surface area contributed by atoms with E-state index in [0.29, 0.717) is 5.82 Å². The maximum Gasteiger partial charge on any atom is 0.320 e. The Balaban J connectivity index is 1.76. The van der Waals surface area contributed by atoms with Crippen molar-refractivity contribution in [3.8, 4) is 0 Å². The first-order valence-corrected chi connectivity index (χ1v) is 7.57. The van der Waals surface area contributed by atoms with Gasteiger partial charge in [0.2, 0.25) is 0 Å². The molecule has 1 aromatic carbocycles. The highest BCUT2D eigenvalue weighted by molar-refractivity contribution is 5.91. The second kappa shape index (κ2) is 6.29. The van der Waals surface area contributed by atoms with Gasteiger partial charge in [-0.3, -0.25) is 10.4 Å². The number of amides is 2. The van der Waals surface area contributed by atoms with Gasteiger partial charge in [-0.05, 0) is 25.5 Å². The minimum Gasteiger partial charge on any atom is -0.388 e. The molecule has 0 fully saturated rings. The van der Waals surface area contributed by atoms with Gasteiger partial charge in [0, 0.05) is 5.39 Å². The minimum absolute atomic E-state index is 0.406. The molecule has 4 N–H and O–H groups in total. The highest BCUT2D eigenvalue weighted by Crippen LogP contribution is 2.25. The van der Waals surface area contributed by atoms with Gasteiger partial charge >= 0.3 is 6.03 Å². The molecule has 7 heteroatoms. The van der Waals surface area contributed by atoms with E-state index in [1.54, 1.807) is 32.3 Å². The summed E-state index contributed by atoms with van der Waals surface area (Å²) in [5, 5.41) is 23.4. The molecule has 2 aromatic heterocycles. The topological polar surface area (TPSA) is 103 Å². The molecule has 3 aromatic rings. The first kappa shape index (κ1) is 15.9. The molecule has 24 heavy (non-hydrogen) atoms. The largest absolute Gasteiger partial charge is 0.388 e. The lowest BCUT2D eigenvalue weighted by atomic mass is 9.92. The average molecular weight is 325 g/mol. The maximum atomic E-state index is 12.3. The molecule has 2 amide bonds. The van der Waals surface area contributed by atoms with Crippen molar-refractivity contribution >= 4 is 22.8 Å². The third-order valence-electron chi connectivity index (χ3n) is 3.68. The third kappa shape index (κ3) is 3.52. The molecule has 124 valence electrons. The number of hydrogen-bond donors (Lipinski definition) is 4. The van der Waals surface area contributed by atoms with Crippen LogP contribution in [-0.4, -0.2) is 31.9 Å². The average Bonchev–Trinajstić information content (AvgIpc) is 3.00. The monoisotopic (exact) mass is 325 g/mol. The Bertz CT molecular complexity index is 839. The summed E-state index contributed by atoms with van der Waals surface area (Å²) < 4.78 is 0. The number of benzene rings is 1. The predicted octanol–water partition coefficient (Wildman–Crippen LogP) is 2.59.